The lowest BCUT2D eigenvalue weighted by atomic mass is 9.80. The van der Waals surface area contributed by atoms with Crippen LogP contribution in [-0.2, 0) is 9.31 Å². The number of halogens is 1. The van der Waals surface area contributed by atoms with Gasteiger partial charge in [-0.15, -0.1) is 0 Å². The third kappa shape index (κ3) is 1.94. The van der Waals surface area contributed by atoms with Crippen molar-refractivity contribution in [3.8, 4) is 0 Å². The molecule has 2 aromatic rings. The van der Waals surface area contributed by atoms with Gasteiger partial charge in [0.05, 0.1) is 22.4 Å². The lowest BCUT2D eigenvalue weighted by Gasteiger charge is -2.32. The molecule has 1 aliphatic heterocycles. The van der Waals surface area contributed by atoms with Crippen molar-refractivity contribution in [2.45, 2.75) is 45.8 Å². The predicted octanol–water partition coefficient (Wildman–Crippen LogP) is 2.08. The van der Waals surface area contributed by atoms with Crippen LogP contribution in [0.2, 0.25) is 0 Å². The van der Waals surface area contributed by atoms with Gasteiger partial charge in [0.15, 0.2) is 0 Å². The van der Waals surface area contributed by atoms with E-state index in [1.807, 2.05) is 40.7 Å². The average molecular weight is 276 g/mol. The standard InChI is InChI=1S/C14H18BFN2O2/c1-9-6-10-7-12(16)11(8-18(10)17-9)15-19-13(2,3)14(4,5)20-15/h6-8H,1-5H3. The fourth-order valence-electron chi connectivity index (χ4n) is 2.30. The highest BCUT2D eigenvalue weighted by Crippen LogP contribution is 2.36. The van der Waals surface area contributed by atoms with E-state index in [4.69, 9.17) is 9.31 Å². The van der Waals surface area contributed by atoms with Crippen LogP contribution in [0.4, 0.5) is 4.39 Å². The smallest absolute Gasteiger partial charge is 0.399 e. The van der Waals surface area contributed by atoms with Gasteiger partial charge in [-0.1, -0.05) is 0 Å². The van der Waals surface area contributed by atoms with Crippen molar-refractivity contribution in [2.75, 3.05) is 0 Å². The fourth-order valence-corrected chi connectivity index (χ4v) is 2.30. The number of aromatic nitrogens is 2. The quantitative estimate of drug-likeness (QED) is 0.748. The summed E-state index contributed by atoms with van der Waals surface area (Å²) in [7, 11) is -0.714. The Hall–Kier alpha value is -1.40. The summed E-state index contributed by atoms with van der Waals surface area (Å²) in [6.07, 6.45) is 1.64. The van der Waals surface area contributed by atoms with Gasteiger partial charge in [-0.05, 0) is 46.8 Å². The molecule has 3 heterocycles. The van der Waals surface area contributed by atoms with Crippen molar-refractivity contribution in [3.63, 3.8) is 0 Å². The number of pyridine rings is 1. The molecule has 1 fully saturated rings. The summed E-state index contributed by atoms with van der Waals surface area (Å²) in [5, 5.41) is 4.30. The summed E-state index contributed by atoms with van der Waals surface area (Å²) < 4.78 is 27.7. The third-order valence-corrected chi connectivity index (χ3v) is 4.21. The van der Waals surface area contributed by atoms with Crippen molar-refractivity contribution < 1.29 is 13.7 Å². The maximum atomic E-state index is 14.3. The van der Waals surface area contributed by atoms with E-state index in [1.165, 1.54) is 6.07 Å². The molecule has 0 aromatic carbocycles. The van der Waals surface area contributed by atoms with Crippen LogP contribution in [0.5, 0.6) is 0 Å². The van der Waals surface area contributed by atoms with Gasteiger partial charge in [0, 0.05) is 11.7 Å². The Labute approximate surface area is 118 Å². The summed E-state index contributed by atoms with van der Waals surface area (Å²) >= 11 is 0. The van der Waals surface area contributed by atoms with Crippen LogP contribution in [0.3, 0.4) is 0 Å². The van der Waals surface area contributed by atoms with Gasteiger partial charge in [0.1, 0.15) is 5.82 Å². The topological polar surface area (TPSA) is 35.8 Å². The minimum atomic E-state index is -0.714. The summed E-state index contributed by atoms with van der Waals surface area (Å²) in [6.45, 7) is 9.66. The Morgan fingerprint density at radius 1 is 1.15 bits per heavy atom. The van der Waals surface area contributed by atoms with Crippen LogP contribution in [0.25, 0.3) is 5.52 Å². The number of nitrogens with zero attached hydrogens (tertiary/aromatic N) is 2. The molecule has 0 aliphatic carbocycles. The summed E-state index contributed by atoms with van der Waals surface area (Å²) in [5.41, 5.74) is 0.966. The molecule has 4 nitrogen and oxygen atoms in total. The van der Waals surface area contributed by atoms with E-state index in [0.717, 1.165) is 11.2 Å². The SMILES string of the molecule is Cc1cc2cc(F)c(B3OC(C)(C)C(C)(C)O3)cn2n1. The average Bonchev–Trinajstić information content (AvgIpc) is 2.74. The van der Waals surface area contributed by atoms with E-state index < -0.39 is 18.3 Å². The zero-order valence-electron chi connectivity index (χ0n) is 12.4. The Morgan fingerprint density at radius 3 is 2.35 bits per heavy atom. The number of hydrogen-bond acceptors (Lipinski definition) is 3. The van der Waals surface area contributed by atoms with Gasteiger partial charge in [0.2, 0.25) is 0 Å². The first kappa shape index (κ1) is 13.6. The highest BCUT2D eigenvalue weighted by molar-refractivity contribution is 6.62. The second-order valence-corrected chi connectivity index (χ2v) is 6.32. The fraction of sp³-hybridized carbons (Fsp3) is 0.500. The molecule has 106 valence electrons. The highest BCUT2D eigenvalue weighted by atomic mass is 19.1. The summed E-state index contributed by atoms with van der Waals surface area (Å²) in [4.78, 5) is 0. The second kappa shape index (κ2) is 4.05. The predicted molar refractivity (Wildman–Crippen MR) is 75.6 cm³/mol. The largest absolute Gasteiger partial charge is 0.499 e. The number of rotatable bonds is 1. The molecule has 6 heteroatoms. The van der Waals surface area contributed by atoms with E-state index in [0.29, 0.717) is 5.46 Å². The maximum absolute atomic E-state index is 14.3. The molecular weight excluding hydrogens is 258 g/mol. The molecule has 3 rings (SSSR count). The zero-order chi connectivity index (χ0) is 14.7. The Balaban J connectivity index is 2.05. The molecule has 0 radical (unpaired) electrons. The molecule has 0 atom stereocenters. The van der Waals surface area contributed by atoms with Gasteiger partial charge in [-0.3, -0.25) is 0 Å². The first-order chi connectivity index (χ1) is 9.19. The van der Waals surface area contributed by atoms with Crippen molar-refractivity contribution in [3.05, 3.63) is 29.8 Å². The first-order valence-electron chi connectivity index (χ1n) is 6.71. The van der Waals surface area contributed by atoms with Crippen LogP contribution in [0.1, 0.15) is 33.4 Å². The molecule has 0 saturated carbocycles. The van der Waals surface area contributed by atoms with E-state index >= 15 is 0 Å². The lowest BCUT2D eigenvalue weighted by molar-refractivity contribution is 0.00578. The summed E-state index contributed by atoms with van der Waals surface area (Å²) in [5.74, 6) is -0.337. The molecule has 20 heavy (non-hydrogen) atoms. The van der Waals surface area contributed by atoms with E-state index in [2.05, 4.69) is 5.10 Å². The Morgan fingerprint density at radius 2 is 1.75 bits per heavy atom. The van der Waals surface area contributed by atoms with Crippen LogP contribution in [0, 0.1) is 12.7 Å². The molecule has 0 amide bonds. The molecule has 1 aliphatic rings. The maximum Gasteiger partial charge on any atom is 0.499 e. The monoisotopic (exact) mass is 276 g/mol. The lowest BCUT2D eigenvalue weighted by Crippen LogP contribution is -2.41. The van der Waals surface area contributed by atoms with Gasteiger partial charge in [0.25, 0.3) is 0 Å². The van der Waals surface area contributed by atoms with Gasteiger partial charge in [-0.2, -0.15) is 5.10 Å². The molecule has 0 unspecified atom stereocenters. The van der Waals surface area contributed by atoms with Crippen molar-refractivity contribution in [2.24, 2.45) is 0 Å². The number of hydrogen-bond donors (Lipinski definition) is 0. The van der Waals surface area contributed by atoms with Crippen LogP contribution in [-0.4, -0.2) is 27.9 Å². The molecule has 0 bridgehead atoms. The van der Waals surface area contributed by atoms with E-state index in [1.54, 1.807) is 10.7 Å². The van der Waals surface area contributed by atoms with Gasteiger partial charge >= 0.3 is 7.12 Å². The van der Waals surface area contributed by atoms with Crippen molar-refractivity contribution in [1.29, 1.82) is 0 Å². The first-order valence-corrected chi connectivity index (χ1v) is 6.71. The minimum Gasteiger partial charge on any atom is -0.399 e. The minimum absolute atomic E-state index is 0.337. The molecule has 2 aromatic heterocycles. The molecular formula is C14H18BFN2O2. The van der Waals surface area contributed by atoms with Gasteiger partial charge in [-0.25, -0.2) is 8.91 Å². The third-order valence-electron chi connectivity index (χ3n) is 4.21. The number of fused-ring (bicyclic) bond motifs is 1. The molecule has 0 spiro atoms. The number of aryl methyl sites for hydroxylation is 1. The highest BCUT2D eigenvalue weighted by Gasteiger charge is 2.52. The summed E-state index contributed by atoms with van der Waals surface area (Å²) in [6, 6.07) is 3.29. The Kier molecular flexibility index (Phi) is 2.75. The van der Waals surface area contributed by atoms with Crippen LogP contribution < -0.4 is 5.46 Å². The van der Waals surface area contributed by atoms with Crippen molar-refractivity contribution in [1.82, 2.24) is 9.61 Å². The van der Waals surface area contributed by atoms with Crippen LogP contribution >= 0.6 is 0 Å². The van der Waals surface area contributed by atoms with Gasteiger partial charge < -0.3 is 9.31 Å². The van der Waals surface area contributed by atoms with E-state index in [-0.39, 0.29) is 5.82 Å². The Bertz CT molecular complexity index is 665. The van der Waals surface area contributed by atoms with Crippen molar-refractivity contribution >= 4 is 18.1 Å². The van der Waals surface area contributed by atoms with Crippen LogP contribution in [0.15, 0.2) is 18.3 Å². The van der Waals surface area contributed by atoms with E-state index in [9.17, 15) is 4.39 Å². The molecule has 0 N–H and O–H groups in total. The normalized spacial score (nSPS) is 20.8. The zero-order valence-corrected chi connectivity index (χ0v) is 12.4. The molecule has 1 saturated heterocycles. The second-order valence-electron chi connectivity index (χ2n) is 6.32.